The summed E-state index contributed by atoms with van der Waals surface area (Å²) in [5.41, 5.74) is 3.64. The van der Waals surface area contributed by atoms with E-state index in [0.29, 0.717) is 38.1 Å². The molecule has 0 aliphatic carbocycles. The number of carbonyl (C=O) groups excluding carboxylic acids is 2. The van der Waals surface area contributed by atoms with E-state index in [4.69, 9.17) is 4.74 Å². The molecular formula is C23H27N3O3. The Kier molecular flexibility index (Phi) is 5.79. The molecule has 152 valence electrons. The molecule has 1 saturated heterocycles. The van der Waals surface area contributed by atoms with E-state index in [1.807, 2.05) is 34.9 Å². The first-order chi connectivity index (χ1) is 14.1. The molecule has 2 aromatic rings. The van der Waals surface area contributed by atoms with Crippen LogP contribution in [0.15, 0.2) is 36.7 Å². The van der Waals surface area contributed by atoms with Crippen molar-refractivity contribution >= 4 is 11.8 Å². The van der Waals surface area contributed by atoms with Crippen molar-refractivity contribution in [2.24, 2.45) is 0 Å². The Bertz CT molecular complexity index is 906. The Hall–Kier alpha value is -2.89. The summed E-state index contributed by atoms with van der Waals surface area (Å²) in [7, 11) is 0. The molecule has 0 bridgehead atoms. The zero-order valence-corrected chi connectivity index (χ0v) is 16.9. The number of hydrogen-bond donors (Lipinski definition) is 0. The topological polar surface area (TPSA) is 62.7 Å². The second kappa shape index (κ2) is 8.64. The molecule has 1 fully saturated rings. The number of rotatable bonds is 4. The predicted octanol–water partition coefficient (Wildman–Crippen LogP) is 2.98. The number of aryl methyl sites for hydroxylation is 2. The summed E-state index contributed by atoms with van der Waals surface area (Å²) in [6.45, 7) is 5.20. The zero-order valence-electron chi connectivity index (χ0n) is 16.9. The summed E-state index contributed by atoms with van der Waals surface area (Å²) >= 11 is 0. The first-order valence-corrected chi connectivity index (χ1v) is 10.3. The van der Waals surface area contributed by atoms with Gasteiger partial charge in [0.25, 0.3) is 5.91 Å². The molecule has 6 nitrogen and oxygen atoms in total. The monoisotopic (exact) mass is 393 g/mol. The van der Waals surface area contributed by atoms with Gasteiger partial charge < -0.3 is 14.5 Å². The maximum atomic E-state index is 13.0. The van der Waals surface area contributed by atoms with Crippen LogP contribution in [0.4, 0.5) is 0 Å². The number of pyridine rings is 1. The minimum Gasteiger partial charge on any atom is -0.491 e. The summed E-state index contributed by atoms with van der Waals surface area (Å²) in [5, 5.41) is 0. The van der Waals surface area contributed by atoms with Crippen molar-refractivity contribution in [3.8, 4) is 5.75 Å². The number of nitrogens with zero attached hydrogens (tertiary/aromatic N) is 3. The number of hydrogen-bond acceptors (Lipinski definition) is 4. The van der Waals surface area contributed by atoms with Crippen LogP contribution < -0.4 is 4.74 Å². The maximum absolute atomic E-state index is 13.0. The van der Waals surface area contributed by atoms with Gasteiger partial charge in [-0.2, -0.15) is 0 Å². The Morgan fingerprint density at radius 2 is 1.93 bits per heavy atom. The summed E-state index contributed by atoms with van der Waals surface area (Å²) in [6, 6.07) is 7.92. The molecule has 0 N–H and O–H groups in total. The fourth-order valence-corrected chi connectivity index (χ4v) is 4.01. The molecule has 0 radical (unpaired) electrons. The van der Waals surface area contributed by atoms with Gasteiger partial charge >= 0.3 is 0 Å². The molecule has 1 aromatic carbocycles. The quantitative estimate of drug-likeness (QED) is 0.801. The van der Waals surface area contributed by atoms with Crippen molar-refractivity contribution in [3.05, 3.63) is 58.9 Å². The molecule has 3 heterocycles. The SMILES string of the molecule is Cc1ccncc1C(=O)N1CCOc2ccc(CCC(=O)N3CCCC3)cc2C1. The van der Waals surface area contributed by atoms with E-state index in [9.17, 15) is 9.59 Å². The van der Waals surface area contributed by atoms with Crippen LogP contribution in [0, 0.1) is 6.92 Å². The Morgan fingerprint density at radius 3 is 2.72 bits per heavy atom. The molecule has 2 aliphatic heterocycles. The molecule has 0 unspecified atom stereocenters. The summed E-state index contributed by atoms with van der Waals surface area (Å²) in [5.74, 6) is 1.03. The third-order valence-corrected chi connectivity index (χ3v) is 5.75. The maximum Gasteiger partial charge on any atom is 0.256 e. The molecule has 2 aliphatic rings. The van der Waals surface area contributed by atoms with Crippen LogP contribution in [-0.4, -0.2) is 52.8 Å². The minimum absolute atomic E-state index is 0.0262. The number of ether oxygens (including phenoxy) is 1. The van der Waals surface area contributed by atoms with Crippen molar-refractivity contribution in [3.63, 3.8) is 0 Å². The Morgan fingerprint density at radius 1 is 1.10 bits per heavy atom. The Balaban J connectivity index is 1.46. The molecular weight excluding hydrogens is 366 g/mol. The molecule has 0 atom stereocenters. The predicted molar refractivity (Wildman–Crippen MR) is 110 cm³/mol. The number of amides is 2. The fourth-order valence-electron chi connectivity index (χ4n) is 4.01. The summed E-state index contributed by atoms with van der Waals surface area (Å²) < 4.78 is 5.87. The van der Waals surface area contributed by atoms with Gasteiger partial charge in [0.15, 0.2) is 0 Å². The van der Waals surface area contributed by atoms with Gasteiger partial charge in [0.2, 0.25) is 5.91 Å². The van der Waals surface area contributed by atoms with Crippen LogP contribution in [0.3, 0.4) is 0 Å². The first kappa shape index (κ1) is 19.4. The van der Waals surface area contributed by atoms with Crippen LogP contribution in [0.25, 0.3) is 0 Å². The minimum atomic E-state index is -0.0262. The van der Waals surface area contributed by atoms with Gasteiger partial charge in [-0.25, -0.2) is 0 Å². The average Bonchev–Trinajstić information content (AvgIpc) is 3.19. The van der Waals surface area contributed by atoms with Gasteiger partial charge in [-0.15, -0.1) is 0 Å². The fraction of sp³-hybridized carbons (Fsp3) is 0.435. The van der Waals surface area contributed by atoms with Crippen molar-refractivity contribution in [2.45, 2.75) is 39.2 Å². The van der Waals surface area contributed by atoms with Gasteiger partial charge in [0.05, 0.1) is 12.1 Å². The van der Waals surface area contributed by atoms with E-state index in [-0.39, 0.29) is 11.8 Å². The lowest BCUT2D eigenvalue weighted by molar-refractivity contribution is -0.130. The van der Waals surface area contributed by atoms with E-state index in [2.05, 4.69) is 11.1 Å². The van der Waals surface area contributed by atoms with Crippen LogP contribution in [-0.2, 0) is 17.8 Å². The van der Waals surface area contributed by atoms with E-state index in [0.717, 1.165) is 48.4 Å². The van der Waals surface area contributed by atoms with Gasteiger partial charge in [0.1, 0.15) is 12.4 Å². The lowest BCUT2D eigenvalue weighted by Crippen LogP contribution is -2.33. The second-order valence-corrected chi connectivity index (χ2v) is 7.80. The highest BCUT2D eigenvalue weighted by Gasteiger charge is 2.23. The molecule has 2 amide bonds. The number of likely N-dealkylation sites (tertiary alicyclic amines) is 1. The highest BCUT2D eigenvalue weighted by molar-refractivity contribution is 5.95. The van der Waals surface area contributed by atoms with Crippen molar-refractivity contribution in [1.82, 2.24) is 14.8 Å². The lowest BCUT2D eigenvalue weighted by Gasteiger charge is -2.21. The van der Waals surface area contributed by atoms with E-state index >= 15 is 0 Å². The zero-order chi connectivity index (χ0) is 20.2. The van der Waals surface area contributed by atoms with Crippen LogP contribution in [0.1, 0.15) is 46.3 Å². The first-order valence-electron chi connectivity index (χ1n) is 10.3. The third kappa shape index (κ3) is 4.42. The van der Waals surface area contributed by atoms with Gasteiger partial charge in [-0.3, -0.25) is 14.6 Å². The third-order valence-electron chi connectivity index (χ3n) is 5.75. The summed E-state index contributed by atoms with van der Waals surface area (Å²) in [6.07, 6.45) is 6.78. The summed E-state index contributed by atoms with van der Waals surface area (Å²) in [4.78, 5) is 33.2. The number of fused-ring (bicyclic) bond motifs is 1. The van der Waals surface area contributed by atoms with Gasteiger partial charge in [-0.05, 0) is 49.4 Å². The molecule has 4 rings (SSSR count). The molecule has 29 heavy (non-hydrogen) atoms. The number of benzene rings is 1. The van der Waals surface area contributed by atoms with Crippen LogP contribution >= 0.6 is 0 Å². The molecule has 1 aromatic heterocycles. The van der Waals surface area contributed by atoms with Crippen LogP contribution in [0.2, 0.25) is 0 Å². The second-order valence-electron chi connectivity index (χ2n) is 7.80. The van der Waals surface area contributed by atoms with E-state index < -0.39 is 0 Å². The molecule has 0 spiro atoms. The highest BCUT2D eigenvalue weighted by atomic mass is 16.5. The van der Waals surface area contributed by atoms with Crippen LogP contribution in [0.5, 0.6) is 5.75 Å². The van der Waals surface area contributed by atoms with Crippen molar-refractivity contribution < 1.29 is 14.3 Å². The van der Waals surface area contributed by atoms with Gasteiger partial charge in [-0.1, -0.05) is 12.1 Å². The molecule has 0 saturated carbocycles. The van der Waals surface area contributed by atoms with Crippen molar-refractivity contribution in [1.29, 1.82) is 0 Å². The number of carbonyl (C=O) groups is 2. The number of aromatic nitrogens is 1. The smallest absolute Gasteiger partial charge is 0.256 e. The van der Waals surface area contributed by atoms with Gasteiger partial charge in [0, 0.05) is 44.0 Å². The van der Waals surface area contributed by atoms with E-state index in [1.165, 1.54) is 0 Å². The van der Waals surface area contributed by atoms with E-state index in [1.54, 1.807) is 12.4 Å². The highest BCUT2D eigenvalue weighted by Crippen LogP contribution is 2.26. The average molecular weight is 393 g/mol. The Labute approximate surface area is 171 Å². The van der Waals surface area contributed by atoms with Crippen molar-refractivity contribution in [2.75, 3.05) is 26.2 Å². The lowest BCUT2D eigenvalue weighted by atomic mass is 10.0. The molecule has 6 heteroatoms. The largest absolute Gasteiger partial charge is 0.491 e. The standard InChI is InChI=1S/C23H27N3O3/c1-17-8-9-24-15-20(17)23(28)26-12-13-29-21-6-4-18(14-19(21)16-26)5-7-22(27)25-10-2-3-11-25/h4,6,8-9,14-15H,2-3,5,7,10-13,16H2,1H3. The normalized spacial score (nSPS) is 16.2.